The molecule has 0 saturated heterocycles. The van der Waals surface area contributed by atoms with Crippen molar-refractivity contribution in [2.75, 3.05) is 18.6 Å². The lowest BCUT2D eigenvalue weighted by Gasteiger charge is -2.15. The number of hydrogen-bond donors (Lipinski definition) is 1. The van der Waals surface area contributed by atoms with Crippen LogP contribution < -0.4 is 9.64 Å². The lowest BCUT2D eigenvalue weighted by atomic mass is 10.3. The summed E-state index contributed by atoms with van der Waals surface area (Å²) in [5, 5.41) is 17.3. The predicted octanol–water partition coefficient (Wildman–Crippen LogP) is 1.70. The number of nitrogens with zero attached hydrogens (tertiary/aromatic N) is 2. The highest BCUT2D eigenvalue weighted by atomic mass is 16.5. The zero-order chi connectivity index (χ0) is 11.3. The van der Waals surface area contributed by atoms with E-state index in [4.69, 9.17) is 15.1 Å². The monoisotopic (exact) mass is 206 g/mol. The highest BCUT2D eigenvalue weighted by molar-refractivity contribution is 5.86. The Labute approximate surface area is 87.1 Å². The fourth-order valence-corrected chi connectivity index (χ4v) is 1.12. The summed E-state index contributed by atoms with van der Waals surface area (Å²) >= 11 is 0. The van der Waals surface area contributed by atoms with Crippen LogP contribution in [-0.4, -0.2) is 24.9 Å². The van der Waals surface area contributed by atoms with Crippen molar-refractivity contribution in [1.29, 1.82) is 5.26 Å². The smallest absolute Gasteiger partial charge is 0.412 e. The van der Waals surface area contributed by atoms with Gasteiger partial charge in [0.2, 0.25) is 0 Å². The number of rotatable bonds is 3. The van der Waals surface area contributed by atoms with Crippen LogP contribution in [0.3, 0.4) is 0 Å². The van der Waals surface area contributed by atoms with Crippen LogP contribution in [0.4, 0.5) is 10.5 Å². The maximum atomic E-state index is 10.8. The fraction of sp³-hybridized carbons (Fsp3) is 0.200. The van der Waals surface area contributed by atoms with Gasteiger partial charge < -0.3 is 9.84 Å². The van der Waals surface area contributed by atoms with Gasteiger partial charge >= 0.3 is 6.09 Å². The number of nitriles is 1. The number of amides is 1. The molecule has 0 bridgehead atoms. The molecule has 1 amide bonds. The van der Waals surface area contributed by atoms with E-state index in [0.29, 0.717) is 11.4 Å². The molecule has 0 atom stereocenters. The van der Waals surface area contributed by atoms with Gasteiger partial charge in [-0.05, 0) is 12.1 Å². The first-order valence-corrected chi connectivity index (χ1v) is 4.20. The SMILES string of the molecule is COc1cccc(N(CC#N)C(=O)O)c1. The fourth-order valence-electron chi connectivity index (χ4n) is 1.12. The first kappa shape index (κ1) is 10.9. The minimum atomic E-state index is -1.16. The topological polar surface area (TPSA) is 73.6 Å². The molecule has 5 nitrogen and oxygen atoms in total. The van der Waals surface area contributed by atoms with Crippen molar-refractivity contribution in [3.05, 3.63) is 24.3 Å². The van der Waals surface area contributed by atoms with Crippen molar-refractivity contribution < 1.29 is 14.6 Å². The van der Waals surface area contributed by atoms with Gasteiger partial charge in [-0.25, -0.2) is 4.79 Å². The van der Waals surface area contributed by atoms with Gasteiger partial charge in [0.05, 0.1) is 18.9 Å². The Kier molecular flexibility index (Phi) is 3.52. The molecule has 0 aliphatic rings. The molecular weight excluding hydrogens is 196 g/mol. The Morgan fingerprint density at radius 1 is 1.67 bits per heavy atom. The van der Waals surface area contributed by atoms with E-state index in [2.05, 4.69) is 0 Å². The number of hydrogen-bond acceptors (Lipinski definition) is 3. The van der Waals surface area contributed by atoms with Crippen LogP contribution in [0.2, 0.25) is 0 Å². The van der Waals surface area contributed by atoms with Gasteiger partial charge in [-0.15, -0.1) is 0 Å². The molecule has 0 saturated carbocycles. The molecule has 0 aromatic heterocycles. The molecule has 1 rings (SSSR count). The van der Waals surface area contributed by atoms with Crippen molar-refractivity contribution in [3.63, 3.8) is 0 Å². The van der Waals surface area contributed by atoms with E-state index >= 15 is 0 Å². The summed E-state index contributed by atoms with van der Waals surface area (Å²) in [6.07, 6.45) is -1.16. The quantitative estimate of drug-likeness (QED) is 0.764. The van der Waals surface area contributed by atoms with Gasteiger partial charge in [-0.1, -0.05) is 6.07 Å². The van der Waals surface area contributed by atoms with Gasteiger partial charge in [-0.3, -0.25) is 4.90 Å². The number of carbonyl (C=O) groups is 1. The van der Waals surface area contributed by atoms with Gasteiger partial charge in [0.15, 0.2) is 0 Å². The average molecular weight is 206 g/mol. The van der Waals surface area contributed by atoms with Gasteiger partial charge in [-0.2, -0.15) is 5.26 Å². The van der Waals surface area contributed by atoms with Crippen LogP contribution in [0, 0.1) is 11.3 Å². The molecule has 0 spiro atoms. The first-order chi connectivity index (χ1) is 7.19. The summed E-state index contributed by atoms with van der Waals surface area (Å²) < 4.78 is 4.96. The molecule has 1 aromatic rings. The van der Waals surface area contributed by atoms with Crippen molar-refractivity contribution in [1.82, 2.24) is 0 Å². The average Bonchev–Trinajstić information content (AvgIpc) is 2.25. The summed E-state index contributed by atoms with van der Waals surface area (Å²) in [5.74, 6) is 0.552. The molecule has 0 radical (unpaired) electrons. The Morgan fingerprint density at radius 3 is 2.93 bits per heavy atom. The molecule has 0 aliphatic heterocycles. The van der Waals surface area contributed by atoms with Crippen molar-refractivity contribution in [2.24, 2.45) is 0 Å². The molecule has 5 heteroatoms. The van der Waals surface area contributed by atoms with E-state index in [1.165, 1.54) is 7.11 Å². The van der Waals surface area contributed by atoms with Crippen LogP contribution in [0.15, 0.2) is 24.3 Å². The highest BCUT2D eigenvalue weighted by Gasteiger charge is 2.13. The van der Waals surface area contributed by atoms with Crippen LogP contribution >= 0.6 is 0 Å². The van der Waals surface area contributed by atoms with Crippen LogP contribution in [0.5, 0.6) is 5.75 Å². The van der Waals surface area contributed by atoms with Gasteiger partial charge in [0, 0.05) is 6.07 Å². The van der Waals surface area contributed by atoms with Crippen molar-refractivity contribution >= 4 is 11.8 Å². The number of methoxy groups -OCH3 is 1. The normalized spacial score (nSPS) is 9.07. The van der Waals surface area contributed by atoms with E-state index in [0.717, 1.165) is 4.90 Å². The molecule has 78 valence electrons. The second-order valence-electron chi connectivity index (χ2n) is 2.73. The summed E-state index contributed by atoms with van der Waals surface area (Å²) in [7, 11) is 1.49. The third-order valence-corrected chi connectivity index (χ3v) is 1.82. The molecule has 0 aliphatic carbocycles. The molecular formula is C10H10N2O3. The number of anilines is 1. The lowest BCUT2D eigenvalue weighted by Crippen LogP contribution is -2.29. The zero-order valence-corrected chi connectivity index (χ0v) is 8.17. The number of carboxylic acid groups (broad SMARTS) is 1. The number of ether oxygens (including phenoxy) is 1. The molecule has 0 unspecified atom stereocenters. The molecule has 1 N–H and O–H groups in total. The Morgan fingerprint density at radius 2 is 2.40 bits per heavy atom. The van der Waals surface area contributed by atoms with E-state index < -0.39 is 6.09 Å². The van der Waals surface area contributed by atoms with Gasteiger partial charge in [0.25, 0.3) is 0 Å². The van der Waals surface area contributed by atoms with Crippen molar-refractivity contribution in [3.8, 4) is 11.8 Å². The summed E-state index contributed by atoms with van der Waals surface area (Å²) in [6.45, 7) is -0.206. The Hall–Kier alpha value is -2.22. The van der Waals surface area contributed by atoms with E-state index in [-0.39, 0.29) is 6.54 Å². The van der Waals surface area contributed by atoms with Crippen molar-refractivity contribution in [2.45, 2.75) is 0 Å². The summed E-state index contributed by atoms with van der Waals surface area (Å²) in [5.41, 5.74) is 0.420. The minimum Gasteiger partial charge on any atom is -0.497 e. The second-order valence-corrected chi connectivity index (χ2v) is 2.73. The highest BCUT2D eigenvalue weighted by Crippen LogP contribution is 2.20. The predicted molar refractivity (Wildman–Crippen MR) is 54.0 cm³/mol. The van der Waals surface area contributed by atoms with Crippen LogP contribution in [-0.2, 0) is 0 Å². The Balaban J connectivity index is 3.01. The second kappa shape index (κ2) is 4.86. The lowest BCUT2D eigenvalue weighted by molar-refractivity contribution is 0.202. The van der Waals surface area contributed by atoms with E-state index in [9.17, 15) is 4.79 Å². The zero-order valence-electron chi connectivity index (χ0n) is 8.17. The van der Waals surface area contributed by atoms with E-state index in [1.807, 2.05) is 0 Å². The molecule has 15 heavy (non-hydrogen) atoms. The standard InChI is InChI=1S/C10H10N2O3/c1-15-9-4-2-3-8(7-9)12(6-5-11)10(13)14/h2-4,7H,6H2,1H3,(H,13,14). The van der Waals surface area contributed by atoms with E-state index in [1.54, 1.807) is 30.3 Å². The van der Waals surface area contributed by atoms with Crippen LogP contribution in [0.25, 0.3) is 0 Å². The largest absolute Gasteiger partial charge is 0.497 e. The molecule has 0 fully saturated rings. The number of benzene rings is 1. The maximum Gasteiger partial charge on any atom is 0.412 e. The summed E-state index contributed by atoms with van der Waals surface area (Å²) in [4.78, 5) is 11.8. The third-order valence-electron chi connectivity index (χ3n) is 1.82. The molecule has 1 aromatic carbocycles. The third kappa shape index (κ3) is 2.61. The molecule has 0 heterocycles. The minimum absolute atomic E-state index is 0.206. The Bertz CT molecular complexity index is 398. The maximum absolute atomic E-state index is 10.8. The van der Waals surface area contributed by atoms with Crippen LogP contribution in [0.1, 0.15) is 0 Å². The summed E-state index contributed by atoms with van der Waals surface area (Å²) in [6, 6.07) is 8.33. The first-order valence-electron chi connectivity index (χ1n) is 4.20. The van der Waals surface area contributed by atoms with Gasteiger partial charge in [0.1, 0.15) is 12.3 Å².